The van der Waals surface area contributed by atoms with Crippen molar-refractivity contribution < 1.29 is 17.6 Å². The van der Waals surface area contributed by atoms with Crippen molar-refractivity contribution in [2.75, 3.05) is 13.1 Å². The van der Waals surface area contributed by atoms with Crippen LogP contribution in [0.3, 0.4) is 0 Å². The summed E-state index contributed by atoms with van der Waals surface area (Å²) < 4.78 is 44.7. The molecule has 1 aliphatic carbocycles. The van der Waals surface area contributed by atoms with Crippen LogP contribution < -0.4 is 0 Å². The zero-order valence-electron chi connectivity index (χ0n) is 19.1. The number of carbonyl (C=O) groups is 1. The molecule has 1 aromatic carbocycles. The average molecular weight is 526 g/mol. The van der Waals surface area contributed by atoms with Gasteiger partial charge in [0.05, 0.1) is 34.7 Å². The first-order valence-electron chi connectivity index (χ1n) is 11.1. The summed E-state index contributed by atoms with van der Waals surface area (Å²) >= 11 is 1.31. The predicted molar refractivity (Wildman–Crippen MR) is 128 cm³/mol. The van der Waals surface area contributed by atoms with E-state index in [1.807, 2.05) is 6.08 Å². The fourth-order valence-electron chi connectivity index (χ4n) is 5.02. The van der Waals surface area contributed by atoms with Gasteiger partial charge in [0, 0.05) is 25.5 Å². The molecule has 3 aromatic heterocycles. The maximum atomic E-state index is 14.0. The lowest BCUT2D eigenvalue weighted by molar-refractivity contribution is 0.0770. The fourth-order valence-corrected chi connectivity index (χ4v) is 7.09. The van der Waals surface area contributed by atoms with Gasteiger partial charge in [0.25, 0.3) is 10.0 Å². The molecule has 0 spiro atoms. The van der Waals surface area contributed by atoms with Crippen LogP contribution in [0, 0.1) is 11.2 Å². The highest BCUT2D eigenvalue weighted by Crippen LogP contribution is 2.47. The van der Waals surface area contributed by atoms with E-state index in [2.05, 4.69) is 20.4 Å². The van der Waals surface area contributed by atoms with Gasteiger partial charge in [-0.25, -0.2) is 27.2 Å². The van der Waals surface area contributed by atoms with E-state index >= 15 is 0 Å². The van der Waals surface area contributed by atoms with Crippen LogP contribution in [0.4, 0.5) is 4.39 Å². The summed E-state index contributed by atoms with van der Waals surface area (Å²) in [6.45, 7) is 0.162. The average Bonchev–Trinajstić information content (AvgIpc) is 3.63. The Hall–Kier alpha value is -3.55. The number of thiazole rings is 1. The molecule has 1 aliphatic heterocycles. The maximum Gasteiger partial charge on any atom is 0.261 e. The van der Waals surface area contributed by atoms with Crippen molar-refractivity contribution in [2.24, 2.45) is 12.5 Å². The van der Waals surface area contributed by atoms with Gasteiger partial charge in [0.15, 0.2) is 10.8 Å². The Kier molecular flexibility index (Phi) is 5.24. The van der Waals surface area contributed by atoms with Gasteiger partial charge in [0.1, 0.15) is 11.5 Å². The van der Waals surface area contributed by atoms with Crippen molar-refractivity contribution in [1.29, 1.82) is 0 Å². The minimum Gasteiger partial charge on any atom is -0.291 e. The predicted octanol–water partition coefficient (Wildman–Crippen LogP) is 2.50. The largest absolute Gasteiger partial charge is 0.291 e. The van der Waals surface area contributed by atoms with E-state index < -0.39 is 15.4 Å². The lowest BCUT2D eigenvalue weighted by atomic mass is 9.65. The Balaban J connectivity index is 1.45. The van der Waals surface area contributed by atoms with Gasteiger partial charge in [-0.05, 0) is 48.7 Å². The van der Waals surface area contributed by atoms with Crippen molar-refractivity contribution >= 4 is 33.2 Å². The van der Waals surface area contributed by atoms with Crippen molar-refractivity contribution in [3.8, 4) is 5.69 Å². The van der Waals surface area contributed by atoms with Crippen LogP contribution >= 0.6 is 11.3 Å². The van der Waals surface area contributed by atoms with Crippen LogP contribution in [0.2, 0.25) is 0 Å². The van der Waals surface area contributed by atoms with E-state index in [9.17, 15) is 17.6 Å². The Morgan fingerprint density at radius 2 is 2.00 bits per heavy atom. The molecule has 184 valence electrons. The molecule has 6 rings (SSSR count). The normalized spacial score (nSPS) is 20.0. The highest BCUT2D eigenvalue weighted by molar-refractivity contribution is 7.89. The zero-order chi connectivity index (χ0) is 25.1. The summed E-state index contributed by atoms with van der Waals surface area (Å²) in [4.78, 5) is 18.2. The highest BCUT2D eigenvalue weighted by Gasteiger charge is 2.51. The monoisotopic (exact) mass is 525 g/mol. The van der Waals surface area contributed by atoms with Crippen molar-refractivity contribution in [1.82, 2.24) is 34.1 Å². The third kappa shape index (κ3) is 3.45. The molecular formula is C23H20FN7O3S2. The second kappa shape index (κ2) is 8.25. The molecule has 0 N–H and O–H groups in total. The number of nitrogens with zero attached hydrogens (tertiary/aromatic N) is 7. The Morgan fingerprint density at radius 3 is 2.69 bits per heavy atom. The first-order chi connectivity index (χ1) is 17.3. The van der Waals surface area contributed by atoms with Crippen LogP contribution in [-0.2, 0) is 23.5 Å². The lowest BCUT2D eigenvalue weighted by Gasteiger charge is -2.44. The number of Topliss-reactive ketones (excluding diaryl/α,β-unsaturated/α-hetero) is 1. The van der Waals surface area contributed by atoms with Crippen molar-refractivity contribution in [2.45, 2.75) is 17.9 Å². The number of hydrogen-bond donors (Lipinski definition) is 0. The molecule has 1 saturated heterocycles. The van der Waals surface area contributed by atoms with E-state index in [0.717, 1.165) is 16.8 Å². The maximum absolute atomic E-state index is 14.0. The molecule has 13 heteroatoms. The molecule has 1 fully saturated rings. The third-order valence-corrected chi connectivity index (χ3v) is 9.31. The summed E-state index contributed by atoms with van der Waals surface area (Å²) in [6.07, 6.45) is 5.44. The lowest BCUT2D eigenvalue weighted by Crippen LogP contribution is -2.53. The number of rotatable bonds is 5. The molecule has 0 radical (unpaired) electrons. The number of carbonyl (C=O) groups excluding carboxylic acids is 1. The van der Waals surface area contributed by atoms with E-state index in [1.54, 1.807) is 33.9 Å². The van der Waals surface area contributed by atoms with Gasteiger partial charge in [-0.3, -0.25) is 4.79 Å². The van der Waals surface area contributed by atoms with Crippen LogP contribution in [0.5, 0.6) is 0 Å². The standard InChI is InChI=1S/C23H20FN7O3S2/c1-29-21(11-26-28-29)36(33,34)30-7-6-16-8-20-15(10-27-31(20)18-4-2-17(24)3-5-18)9-23(16,13-30)22(32)19-12-35-14-25-19/h2-5,8,10-12,14H,6-7,9,13H2,1H3/t23-/m0/s1. The van der Waals surface area contributed by atoms with Crippen LogP contribution in [-0.4, -0.2) is 61.4 Å². The quantitative estimate of drug-likeness (QED) is 0.368. The summed E-state index contributed by atoms with van der Waals surface area (Å²) in [5.41, 5.74) is 3.88. The molecular weight excluding hydrogens is 505 g/mol. The smallest absolute Gasteiger partial charge is 0.261 e. The molecule has 0 saturated carbocycles. The molecule has 36 heavy (non-hydrogen) atoms. The third-order valence-electron chi connectivity index (χ3n) is 6.83. The Bertz CT molecular complexity index is 1610. The number of aryl methyl sites for hydroxylation is 1. The molecule has 0 amide bonds. The van der Waals surface area contributed by atoms with E-state index in [0.29, 0.717) is 17.8 Å². The van der Waals surface area contributed by atoms with Crippen LogP contribution in [0.1, 0.15) is 28.2 Å². The van der Waals surface area contributed by atoms with Crippen molar-refractivity contribution in [3.05, 3.63) is 75.9 Å². The number of aromatic nitrogens is 6. The Labute approximate surface area is 209 Å². The SMILES string of the molecule is Cn1nncc1S(=O)(=O)N1CCC2=Cc3c(cnn3-c3ccc(F)cc3)C[C@]2(C(=O)c2cscn2)C1. The molecule has 2 aliphatic rings. The Morgan fingerprint density at radius 1 is 1.19 bits per heavy atom. The number of ketones is 1. The first-order valence-corrected chi connectivity index (χ1v) is 13.5. The van der Waals surface area contributed by atoms with E-state index in [-0.39, 0.29) is 36.1 Å². The number of fused-ring (bicyclic) bond motifs is 2. The minimum absolute atomic E-state index is 0.0354. The molecule has 0 unspecified atom stereocenters. The van der Waals surface area contributed by atoms with Crippen LogP contribution in [0.15, 0.2) is 58.1 Å². The van der Waals surface area contributed by atoms with E-state index in [1.165, 1.54) is 45.7 Å². The van der Waals surface area contributed by atoms with E-state index in [4.69, 9.17) is 0 Å². The second-order valence-corrected chi connectivity index (χ2v) is 11.5. The van der Waals surface area contributed by atoms with Crippen LogP contribution in [0.25, 0.3) is 11.8 Å². The highest BCUT2D eigenvalue weighted by atomic mass is 32.2. The van der Waals surface area contributed by atoms with Gasteiger partial charge in [-0.15, -0.1) is 16.4 Å². The van der Waals surface area contributed by atoms with Crippen molar-refractivity contribution in [3.63, 3.8) is 0 Å². The molecule has 4 heterocycles. The molecule has 4 aromatic rings. The van der Waals surface area contributed by atoms with Gasteiger partial charge in [-0.2, -0.15) is 9.40 Å². The number of halogens is 1. The number of hydrogen-bond acceptors (Lipinski definition) is 8. The molecule has 10 nitrogen and oxygen atoms in total. The van der Waals surface area contributed by atoms with Gasteiger partial charge < -0.3 is 0 Å². The number of benzene rings is 1. The minimum atomic E-state index is -3.94. The zero-order valence-corrected chi connectivity index (χ0v) is 20.7. The van der Waals surface area contributed by atoms with Gasteiger partial charge in [0.2, 0.25) is 0 Å². The van der Waals surface area contributed by atoms with Gasteiger partial charge in [-0.1, -0.05) is 10.8 Å². The number of sulfonamides is 1. The summed E-state index contributed by atoms with van der Waals surface area (Å²) in [6, 6.07) is 6.01. The molecule has 0 bridgehead atoms. The summed E-state index contributed by atoms with van der Waals surface area (Å²) in [7, 11) is -2.43. The second-order valence-electron chi connectivity index (χ2n) is 8.86. The molecule has 1 atom stereocenters. The number of piperidine rings is 1. The first kappa shape index (κ1) is 22.9. The fraction of sp³-hybridized carbons (Fsp3) is 0.261. The van der Waals surface area contributed by atoms with Gasteiger partial charge >= 0.3 is 0 Å². The summed E-state index contributed by atoms with van der Waals surface area (Å²) in [5.74, 6) is -0.568. The summed E-state index contributed by atoms with van der Waals surface area (Å²) in [5, 5.41) is 13.6. The topological polar surface area (TPSA) is 116 Å².